The van der Waals surface area contributed by atoms with Crippen LogP contribution in [0.4, 0.5) is 5.00 Å². The Morgan fingerprint density at radius 1 is 1.42 bits per heavy atom. The van der Waals surface area contributed by atoms with Crippen molar-refractivity contribution in [1.29, 1.82) is 0 Å². The van der Waals surface area contributed by atoms with Gasteiger partial charge in [-0.2, -0.15) is 0 Å². The van der Waals surface area contributed by atoms with E-state index in [1.165, 1.54) is 22.5 Å². The van der Waals surface area contributed by atoms with E-state index in [4.69, 9.17) is 10.2 Å². The van der Waals surface area contributed by atoms with Gasteiger partial charge in [0.05, 0.1) is 17.4 Å². The first kappa shape index (κ1) is 18.7. The maximum absolute atomic E-state index is 12.5. The third-order valence-corrected chi connectivity index (χ3v) is 7.03. The van der Waals surface area contributed by atoms with Crippen LogP contribution in [-0.4, -0.2) is 11.8 Å². The molecule has 0 fully saturated rings. The Labute approximate surface area is 158 Å². The van der Waals surface area contributed by atoms with E-state index < -0.39 is 5.91 Å². The second-order valence-electron chi connectivity index (χ2n) is 7.70. The lowest BCUT2D eigenvalue weighted by Crippen LogP contribution is -2.29. The number of primary amides is 1. The molecule has 2 amide bonds. The number of aryl methyl sites for hydroxylation is 1. The van der Waals surface area contributed by atoms with Crippen LogP contribution < -0.4 is 11.1 Å². The molecule has 2 heterocycles. The van der Waals surface area contributed by atoms with Gasteiger partial charge in [-0.3, -0.25) is 9.59 Å². The van der Waals surface area contributed by atoms with E-state index >= 15 is 0 Å². The van der Waals surface area contributed by atoms with Gasteiger partial charge < -0.3 is 15.5 Å². The first-order valence-corrected chi connectivity index (χ1v) is 9.86. The summed E-state index contributed by atoms with van der Waals surface area (Å²) in [6, 6.07) is 1.63. The van der Waals surface area contributed by atoms with Gasteiger partial charge in [-0.15, -0.1) is 11.3 Å². The molecule has 140 valence electrons. The fourth-order valence-corrected chi connectivity index (χ4v) is 5.01. The normalized spacial score (nSPS) is 17.0. The van der Waals surface area contributed by atoms with E-state index in [0.29, 0.717) is 27.8 Å². The molecule has 6 heteroatoms. The minimum Gasteiger partial charge on any atom is -0.469 e. The fourth-order valence-electron chi connectivity index (χ4n) is 3.68. The average Bonchev–Trinajstić information content (AvgIpc) is 3.16. The molecule has 1 atom stereocenters. The van der Waals surface area contributed by atoms with Crippen molar-refractivity contribution in [3.63, 3.8) is 0 Å². The van der Waals surface area contributed by atoms with Gasteiger partial charge in [-0.05, 0) is 49.1 Å². The van der Waals surface area contributed by atoms with Crippen molar-refractivity contribution in [3.8, 4) is 0 Å². The van der Waals surface area contributed by atoms with Gasteiger partial charge in [0.1, 0.15) is 10.8 Å². The van der Waals surface area contributed by atoms with Crippen LogP contribution in [0.5, 0.6) is 0 Å². The number of anilines is 1. The van der Waals surface area contributed by atoms with Crippen LogP contribution in [0.1, 0.15) is 70.5 Å². The van der Waals surface area contributed by atoms with Crippen molar-refractivity contribution < 1.29 is 14.0 Å². The Kier molecular flexibility index (Phi) is 4.97. The van der Waals surface area contributed by atoms with Crippen molar-refractivity contribution in [3.05, 3.63) is 39.7 Å². The molecule has 26 heavy (non-hydrogen) atoms. The zero-order chi connectivity index (χ0) is 19.1. The van der Waals surface area contributed by atoms with Gasteiger partial charge in [0.25, 0.3) is 11.8 Å². The number of nitrogens with one attached hydrogen (secondary N) is 1. The van der Waals surface area contributed by atoms with Crippen molar-refractivity contribution >= 4 is 28.2 Å². The largest absolute Gasteiger partial charge is 0.469 e. The second-order valence-corrected chi connectivity index (χ2v) is 8.80. The number of amides is 2. The molecule has 3 N–H and O–H groups in total. The molecule has 3 rings (SSSR count). The first-order valence-electron chi connectivity index (χ1n) is 9.04. The van der Waals surface area contributed by atoms with Crippen molar-refractivity contribution in [2.75, 3.05) is 5.32 Å². The molecule has 0 saturated carbocycles. The zero-order valence-electron chi connectivity index (χ0n) is 15.8. The molecule has 0 radical (unpaired) electrons. The molecule has 0 aliphatic heterocycles. The number of nitrogens with two attached hydrogens (primary N) is 1. The van der Waals surface area contributed by atoms with Crippen LogP contribution in [0.25, 0.3) is 0 Å². The molecule has 0 unspecified atom stereocenters. The van der Waals surface area contributed by atoms with E-state index in [-0.39, 0.29) is 11.3 Å². The van der Waals surface area contributed by atoms with E-state index in [1.54, 1.807) is 13.0 Å². The summed E-state index contributed by atoms with van der Waals surface area (Å²) in [7, 11) is 0. The minimum absolute atomic E-state index is 0.256. The van der Waals surface area contributed by atoms with Gasteiger partial charge in [-0.25, -0.2) is 0 Å². The maximum Gasteiger partial charge on any atom is 0.259 e. The highest BCUT2D eigenvalue weighted by Gasteiger charge is 2.35. The van der Waals surface area contributed by atoms with Crippen LogP contribution in [0.2, 0.25) is 0 Å². The summed E-state index contributed by atoms with van der Waals surface area (Å²) in [5, 5.41) is 3.44. The minimum atomic E-state index is -0.477. The summed E-state index contributed by atoms with van der Waals surface area (Å²) >= 11 is 1.49. The summed E-state index contributed by atoms with van der Waals surface area (Å²) in [5.74, 6) is 0.367. The van der Waals surface area contributed by atoms with E-state index in [9.17, 15) is 9.59 Å². The lowest BCUT2D eigenvalue weighted by Gasteiger charge is -2.36. The molecule has 0 bridgehead atoms. The Balaban J connectivity index is 1.92. The number of rotatable bonds is 5. The molecule has 2 aromatic heterocycles. The monoisotopic (exact) mass is 374 g/mol. The highest BCUT2D eigenvalue weighted by Crippen LogP contribution is 2.45. The number of hydrogen-bond acceptors (Lipinski definition) is 4. The van der Waals surface area contributed by atoms with Crippen LogP contribution in [0.3, 0.4) is 0 Å². The number of thiophene rings is 1. The third-order valence-electron chi connectivity index (χ3n) is 5.86. The number of carbonyl (C=O) groups is 2. The van der Waals surface area contributed by atoms with Gasteiger partial charge in [0, 0.05) is 4.88 Å². The highest BCUT2D eigenvalue weighted by atomic mass is 32.1. The van der Waals surface area contributed by atoms with E-state index in [1.807, 2.05) is 0 Å². The topological polar surface area (TPSA) is 85.3 Å². The number of fused-ring (bicyclic) bond motifs is 1. The lowest BCUT2D eigenvalue weighted by molar-refractivity contribution is 0.0999. The average molecular weight is 375 g/mol. The summed E-state index contributed by atoms with van der Waals surface area (Å²) in [6.45, 7) is 8.56. The highest BCUT2D eigenvalue weighted by molar-refractivity contribution is 7.17. The molecular formula is C20H26N2O3S. The second kappa shape index (κ2) is 6.91. The molecule has 1 aliphatic rings. The Morgan fingerprint density at radius 2 is 2.15 bits per heavy atom. The smallest absolute Gasteiger partial charge is 0.259 e. The van der Waals surface area contributed by atoms with Gasteiger partial charge in [-0.1, -0.05) is 27.2 Å². The third kappa shape index (κ3) is 3.30. The van der Waals surface area contributed by atoms with Crippen molar-refractivity contribution in [2.24, 2.45) is 17.1 Å². The Hall–Kier alpha value is -2.08. The number of hydrogen-bond donors (Lipinski definition) is 2. The predicted octanol–water partition coefficient (Wildman–Crippen LogP) is 4.54. The first-order chi connectivity index (χ1) is 12.2. The SMILES string of the molecule is CCC(C)(C)[C@H]1CCc2c(sc(NC(=O)c3ccoc3C)c2C(N)=O)C1. The number of furan rings is 1. The molecule has 1 aliphatic carbocycles. The molecule has 2 aromatic rings. The fraction of sp³-hybridized carbons (Fsp3) is 0.500. The van der Waals surface area contributed by atoms with Crippen LogP contribution >= 0.6 is 11.3 Å². The summed E-state index contributed by atoms with van der Waals surface area (Å²) in [6.07, 6.45) is 5.40. The Bertz CT molecular complexity index is 847. The quantitative estimate of drug-likeness (QED) is 0.805. The van der Waals surface area contributed by atoms with Crippen LogP contribution in [-0.2, 0) is 12.8 Å². The van der Waals surface area contributed by atoms with Gasteiger partial charge in [0.2, 0.25) is 0 Å². The Morgan fingerprint density at radius 3 is 2.73 bits per heavy atom. The van der Waals surface area contributed by atoms with Crippen LogP contribution in [0, 0.1) is 18.3 Å². The molecule has 0 saturated heterocycles. The van der Waals surface area contributed by atoms with Crippen molar-refractivity contribution in [2.45, 2.75) is 53.4 Å². The molecule has 5 nitrogen and oxygen atoms in total. The molecule has 0 spiro atoms. The standard InChI is InChI=1S/C20H26N2O3S/c1-5-20(3,4)12-6-7-14-15(10-12)26-19(16(14)17(21)23)22-18(24)13-8-9-25-11(13)2/h8-9,12H,5-7,10H2,1-4H3,(H2,21,23)(H,22,24)/t12-/m0/s1. The van der Waals surface area contributed by atoms with E-state index in [2.05, 4.69) is 26.1 Å². The molecular weight excluding hydrogens is 348 g/mol. The maximum atomic E-state index is 12.5. The van der Waals surface area contributed by atoms with Gasteiger partial charge >= 0.3 is 0 Å². The number of carbonyl (C=O) groups excluding carboxylic acids is 2. The van der Waals surface area contributed by atoms with Crippen molar-refractivity contribution in [1.82, 2.24) is 0 Å². The molecule has 0 aromatic carbocycles. The lowest BCUT2D eigenvalue weighted by atomic mass is 9.69. The predicted molar refractivity (Wildman–Crippen MR) is 104 cm³/mol. The van der Waals surface area contributed by atoms with Gasteiger partial charge in [0.15, 0.2) is 0 Å². The summed E-state index contributed by atoms with van der Waals surface area (Å²) < 4.78 is 5.20. The van der Waals surface area contributed by atoms with Crippen LogP contribution in [0.15, 0.2) is 16.7 Å². The van der Waals surface area contributed by atoms with E-state index in [0.717, 1.165) is 31.2 Å². The zero-order valence-corrected chi connectivity index (χ0v) is 16.6. The summed E-state index contributed by atoms with van der Waals surface area (Å²) in [5.41, 5.74) is 7.87. The summed E-state index contributed by atoms with van der Waals surface area (Å²) in [4.78, 5) is 25.8.